The van der Waals surface area contributed by atoms with Gasteiger partial charge in [0.15, 0.2) is 0 Å². The third kappa shape index (κ3) is 4.52. The van der Waals surface area contributed by atoms with Crippen LogP contribution < -0.4 is 5.73 Å². The van der Waals surface area contributed by atoms with E-state index in [1.807, 2.05) is 0 Å². The molecule has 0 aromatic carbocycles. The lowest BCUT2D eigenvalue weighted by Crippen LogP contribution is -2.39. The highest BCUT2D eigenvalue weighted by atomic mass is 16.2. The van der Waals surface area contributed by atoms with Crippen molar-refractivity contribution in [3.63, 3.8) is 0 Å². The molecule has 1 unspecified atom stereocenters. The second-order valence-electron chi connectivity index (χ2n) is 5.42. The van der Waals surface area contributed by atoms with Gasteiger partial charge in [-0.3, -0.25) is 4.79 Å². The van der Waals surface area contributed by atoms with E-state index in [4.69, 9.17) is 5.73 Å². The Bertz CT molecular complexity index is 224. The van der Waals surface area contributed by atoms with Gasteiger partial charge in [0.2, 0.25) is 5.91 Å². The Labute approximate surface area is 99.4 Å². The molecule has 0 aromatic rings. The van der Waals surface area contributed by atoms with Crippen LogP contribution in [0.4, 0.5) is 0 Å². The van der Waals surface area contributed by atoms with Crippen LogP contribution in [0.5, 0.6) is 0 Å². The summed E-state index contributed by atoms with van der Waals surface area (Å²) in [5, 5.41) is 0. The molecule has 0 aliphatic heterocycles. The predicted molar refractivity (Wildman–Crippen MR) is 67.1 cm³/mol. The number of rotatable bonds is 7. The molecule has 0 aromatic heterocycles. The van der Waals surface area contributed by atoms with E-state index < -0.39 is 0 Å². The molecule has 1 aliphatic rings. The first-order chi connectivity index (χ1) is 7.54. The minimum Gasteiger partial charge on any atom is -0.339 e. The maximum absolute atomic E-state index is 12.1. The van der Waals surface area contributed by atoms with Gasteiger partial charge in [-0.25, -0.2) is 0 Å². The topological polar surface area (TPSA) is 46.3 Å². The Morgan fingerprint density at radius 2 is 2.06 bits per heavy atom. The smallest absolute Gasteiger partial charge is 0.224 e. The molecule has 1 saturated carbocycles. The summed E-state index contributed by atoms with van der Waals surface area (Å²) in [6, 6.07) is 0.564. The first kappa shape index (κ1) is 13.5. The van der Waals surface area contributed by atoms with Crippen molar-refractivity contribution >= 4 is 5.91 Å². The molecule has 0 saturated heterocycles. The van der Waals surface area contributed by atoms with Gasteiger partial charge in [-0.15, -0.1) is 0 Å². The van der Waals surface area contributed by atoms with Gasteiger partial charge in [0.05, 0.1) is 0 Å². The molecule has 1 amide bonds. The Morgan fingerprint density at radius 3 is 2.50 bits per heavy atom. The lowest BCUT2D eigenvalue weighted by molar-refractivity contribution is -0.132. The maximum atomic E-state index is 12.1. The van der Waals surface area contributed by atoms with Crippen LogP contribution in [0.15, 0.2) is 0 Å². The van der Waals surface area contributed by atoms with Gasteiger partial charge in [0.1, 0.15) is 0 Å². The van der Waals surface area contributed by atoms with Gasteiger partial charge in [0, 0.05) is 25.0 Å². The van der Waals surface area contributed by atoms with E-state index in [-0.39, 0.29) is 11.9 Å². The summed E-state index contributed by atoms with van der Waals surface area (Å²) in [5.41, 5.74) is 5.93. The van der Waals surface area contributed by atoms with Crippen LogP contribution in [0, 0.1) is 5.92 Å². The molecule has 0 spiro atoms. The minimum atomic E-state index is 0.0471. The Hall–Kier alpha value is -0.570. The number of nitrogens with two attached hydrogens (primary N) is 1. The number of amides is 1. The molecule has 0 bridgehead atoms. The van der Waals surface area contributed by atoms with Crippen LogP contribution in [-0.4, -0.2) is 29.4 Å². The lowest BCUT2D eigenvalue weighted by Gasteiger charge is -2.25. The first-order valence-electron chi connectivity index (χ1n) is 6.59. The molecule has 1 atom stereocenters. The highest BCUT2D eigenvalue weighted by Gasteiger charge is 2.32. The zero-order valence-electron chi connectivity index (χ0n) is 10.9. The second-order valence-corrected chi connectivity index (χ2v) is 5.42. The van der Waals surface area contributed by atoms with Gasteiger partial charge in [-0.2, -0.15) is 0 Å². The zero-order chi connectivity index (χ0) is 12.1. The molecule has 94 valence electrons. The molecule has 0 heterocycles. The SMILES string of the molecule is CCCC(N)CC(=O)N(CC(C)C)C1CC1. The van der Waals surface area contributed by atoms with Crippen molar-refractivity contribution in [3.8, 4) is 0 Å². The Morgan fingerprint density at radius 1 is 1.44 bits per heavy atom. The molecule has 16 heavy (non-hydrogen) atoms. The van der Waals surface area contributed by atoms with E-state index in [9.17, 15) is 4.79 Å². The van der Waals surface area contributed by atoms with E-state index in [0.717, 1.165) is 19.4 Å². The van der Waals surface area contributed by atoms with Crippen molar-refractivity contribution in [1.29, 1.82) is 0 Å². The fourth-order valence-corrected chi connectivity index (χ4v) is 2.05. The molecule has 1 fully saturated rings. The van der Waals surface area contributed by atoms with Gasteiger partial charge in [0.25, 0.3) is 0 Å². The molecule has 3 heteroatoms. The summed E-state index contributed by atoms with van der Waals surface area (Å²) in [5.74, 6) is 0.809. The molecular formula is C13H26N2O. The molecule has 2 N–H and O–H groups in total. The number of carbonyl (C=O) groups excluding carboxylic acids is 1. The summed E-state index contributed by atoms with van der Waals surface area (Å²) < 4.78 is 0. The van der Waals surface area contributed by atoms with Crippen LogP contribution in [0.2, 0.25) is 0 Å². The van der Waals surface area contributed by atoms with Crippen molar-refractivity contribution in [2.24, 2.45) is 11.7 Å². The van der Waals surface area contributed by atoms with E-state index in [1.165, 1.54) is 12.8 Å². The fourth-order valence-electron chi connectivity index (χ4n) is 2.05. The number of hydrogen-bond acceptors (Lipinski definition) is 2. The second kappa shape index (κ2) is 6.24. The largest absolute Gasteiger partial charge is 0.339 e. The summed E-state index contributed by atoms with van der Waals surface area (Å²) in [6.07, 6.45) is 4.90. The number of hydrogen-bond donors (Lipinski definition) is 1. The van der Waals surface area contributed by atoms with Crippen molar-refractivity contribution < 1.29 is 4.79 Å². The Balaban J connectivity index is 2.41. The number of nitrogens with zero attached hydrogens (tertiary/aromatic N) is 1. The summed E-state index contributed by atoms with van der Waals surface area (Å²) in [6.45, 7) is 7.32. The van der Waals surface area contributed by atoms with Crippen LogP contribution in [0.1, 0.15) is 52.9 Å². The first-order valence-corrected chi connectivity index (χ1v) is 6.59. The molecule has 1 rings (SSSR count). The number of carbonyl (C=O) groups is 1. The van der Waals surface area contributed by atoms with Crippen molar-refractivity contribution in [2.75, 3.05) is 6.54 Å². The third-order valence-electron chi connectivity index (χ3n) is 2.97. The van der Waals surface area contributed by atoms with Crippen molar-refractivity contribution in [1.82, 2.24) is 4.90 Å². The van der Waals surface area contributed by atoms with Crippen LogP contribution >= 0.6 is 0 Å². The van der Waals surface area contributed by atoms with Gasteiger partial charge >= 0.3 is 0 Å². The van der Waals surface area contributed by atoms with Gasteiger partial charge in [-0.05, 0) is 25.2 Å². The van der Waals surface area contributed by atoms with Gasteiger partial charge in [-0.1, -0.05) is 27.2 Å². The zero-order valence-corrected chi connectivity index (χ0v) is 10.9. The van der Waals surface area contributed by atoms with Gasteiger partial charge < -0.3 is 10.6 Å². The third-order valence-corrected chi connectivity index (χ3v) is 2.97. The van der Waals surface area contributed by atoms with E-state index >= 15 is 0 Å². The van der Waals surface area contributed by atoms with Crippen LogP contribution in [-0.2, 0) is 4.79 Å². The average Bonchev–Trinajstić information content (AvgIpc) is 2.97. The predicted octanol–water partition coefficient (Wildman–Crippen LogP) is 2.15. The van der Waals surface area contributed by atoms with Crippen molar-refractivity contribution in [3.05, 3.63) is 0 Å². The molecule has 3 nitrogen and oxygen atoms in total. The lowest BCUT2D eigenvalue weighted by atomic mass is 10.1. The van der Waals surface area contributed by atoms with E-state index in [2.05, 4.69) is 25.7 Å². The fraction of sp³-hybridized carbons (Fsp3) is 0.923. The van der Waals surface area contributed by atoms with Crippen molar-refractivity contribution in [2.45, 2.75) is 65.0 Å². The molecular weight excluding hydrogens is 200 g/mol. The Kier molecular flexibility index (Phi) is 5.26. The molecule has 0 radical (unpaired) electrons. The highest BCUT2D eigenvalue weighted by Crippen LogP contribution is 2.28. The summed E-state index contributed by atoms with van der Waals surface area (Å²) in [7, 11) is 0. The standard InChI is InChI=1S/C13H26N2O/c1-4-5-11(14)8-13(16)15(9-10(2)3)12-6-7-12/h10-12H,4-9,14H2,1-3H3. The summed E-state index contributed by atoms with van der Waals surface area (Å²) >= 11 is 0. The van der Waals surface area contributed by atoms with E-state index in [1.54, 1.807) is 0 Å². The van der Waals surface area contributed by atoms with Crippen LogP contribution in [0.25, 0.3) is 0 Å². The normalized spacial score (nSPS) is 17.6. The minimum absolute atomic E-state index is 0.0471. The monoisotopic (exact) mass is 226 g/mol. The quantitative estimate of drug-likeness (QED) is 0.723. The molecule has 1 aliphatic carbocycles. The highest BCUT2D eigenvalue weighted by molar-refractivity contribution is 5.77. The van der Waals surface area contributed by atoms with Crippen LogP contribution in [0.3, 0.4) is 0 Å². The van der Waals surface area contributed by atoms with E-state index in [0.29, 0.717) is 18.4 Å². The summed E-state index contributed by atoms with van der Waals surface area (Å²) in [4.78, 5) is 14.1. The maximum Gasteiger partial charge on any atom is 0.224 e. The average molecular weight is 226 g/mol.